The summed E-state index contributed by atoms with van der Waals surface area (Å²) < 4.78 is 0. The Balaban J connectivity index is 1.75. The topological polar surface area (TPSA) is 64.7 Å². The molecule has 0 aliphatic heterocycles. The van der Waals surface area contributed by atoms with Gasteiger partial charge in [0, 0.05) is 18.0 Å². The van der Waals surface area contributed by atoms with Crippen molar-refractivity contribution in [2.24, 2.45) is 0 Å². The molecular weight excluding hydrogens is 324 g/mol. The van der Waals surface area contributed by atoms with Gasteiger partial charge < -0.3 is 5.73 Å². The van der Waals surface area contributed by atoms with Gasteiger partial charge in [0.1, 0.15) is 10.8 Å². The molecule has 4 nitrogen and oxygen atoms in total. The van der Waals surface area contributed by atoms with Crippen molar-refractivity contribution in [2.75, 3.05) is 12.0 Å². The molecule has 6 heteroatoms. The lowest BCUT2D eigenvalue weighted by atomic mass is 10.1. The fourth-order valence-corrected chi connectivity index (χ4v) is 3.34. The van der Waals surface area contributed by atoms with Crippen molar-refractivity contribution in [2.45, 2.75) is 15.9 Å². The second-order valence-corrected chi connectivity index (χ2v) is 6.58. The van der Waals surface area contributed by atoms with Gasteiger partial charge in [0.05, 0.1) is 5.69 Å². The standard InChI is InChI=1S/C17H16N4S2/c1-22-16-10-15(18)20-17(21-16)23-11-14-9-13(7-8-19-14)12-5-3-2-4-6-12/h2-10H,11H2,1H3,(H2,18,20,21). The first-order valence-corrected chi connectivity index (χ1v) is 9.27. The van der Waals surface area contributed by atoms with E-state index in [2.05, 4.69) is 33.2 Å². The third-order valence-electron chi connectivity index (χ3n) is 3.18. The molecule has 0 unspecified atom stereocenters. The van der Waals surface area contributed by atoms with Gasteiger partial charge in [-0.05, 0) is 29.5 Å². The van der Waals surface area contributed by atoms with E-state index in [0.717, 1.165) is 16.3 Å². The van der Waals surface area contributed by atoms with Crippen LogP contribution in [0.25, 0.3) is 11.1 Å². The fraction of sp³-hybridized carbons (Fsp3) is 0.118. The van der Waals surface area contributed by atoms with Crippen molar-refractivity contribution in [1.29, 1.82) is 0 Å². The predicted molar refractivity (Wildman–Crippen MR) is 97.5 cm³/mol. The summed E-state index contributed by atoms with van der Waals surface area (Å²) in [5.74, 6) is 1.20. The Morgan fingerprint density at radius 2 is 1.83 bits per heavy atom. The van der Waals surface area contributed by atoms with Gasteiger partial charge in [-0.25, -0.2) is 9.97 Å². The van der Waals surface area contributed by atoms with Gasteiger partial charge in [-0.1, -0.05) is 42.1 Å². The summed E-state index contributed by atoms with van der Waals surface area (Å²) in [7, 11) is 0. The maximum atomic E-state index is 5.81. The van der Waals surface area contributed by atoms with E-state index in [1.54, 1.807) is 29.6 Å². The molecule has 0 atom stereocenters. The highest BCUT2D eigenvalue weighted by molar-refractivity contribution is 7.99. The van der Waals surface area contributed by atoms with Crippen LogP contribution in [0, 0.1) is 0 Å². The molecule has 0 bridgehead atoms. The van der Waals surface area contributed by atoms with Crippen molar-refractivity contribution in [3.63, 3.8) is 0 Å². The van der Waals surface area contributed by atoms with Gasteiger partial charge in [0.2, 0.25) is 0 Å². The maximum Gasteiger partial charge on any atom is 0.190 e. The molecule has 2 heterocycles. The Morgan fingerprint density at radius 3 is 2.61 bits per heavy atom. The van der Waals surface area contributed by atoms with Crippen molar-refractivity contribution in [3.05, 3.63) is 60.4 Å². The summed E-state index contributed by atoms with van der Waals surface area (Å²) in [6, 6.07) is 16.2. The zero-order chi connectivity index (χ0) is 16.1. The first-order chi connectivity index (χ1) is 11.2. The normalized spacial score (nSPS) is 10.7. The van der Waals surface area contributed by atoms with Gasteiger partial charge >= 0.3 is 0 Å². The number of nitrogens with two attached hydrogens (primary N) is 1. The number of hydrogen-bond donors (Lipinski definition) is 1. The summed E-state index contributed by atoms with van der Waals surface area (Å²) in [6.45, 7) is 0. The minimum atomic E-state index is 0.498. The molecule has 0 spiro atoms. The number of benzene rings is 1. The lowest BCUT2D eigenvalue weighted by Gasteiger charge is -2.06. The zero-order valence-corrected chi connectivity index (χ0v) is 14.3. The molecule has 0 amide bonds. The van der Waals surface area contributed by atoms with Crippen molar-refractivity contribution >= 4 is 29.3 Å². The first-order valence-electron chi connectivity index (χ1n) is 7.06. The van der Waals surface area contributed by atoms with Gasteiger partial charge in [-0.3, -0.25) is 4.98 Å². The number of thioether (sulfide) groups is 2. The van der Waals surface area contributed by atoms with Crippen LogP contribution in [0.4, 0.5) is 5.82 Å². The Bertz CT molecular complexity index is 794. The second-order valence-electron chi connectivity index (χ2n) is 4.81. The Hall–Kier alpha value is -2.05. The Kier molecular flexibility index (Phi) is 5.15. The van der Waals surface area contributed by atoms with Gasteiger partial charge in [0.25, 0.3) is 0 Å². The summed E-state index contributed by atoms with van der Waals surface area (Å²) >= 11 is 3.10. The second kappa shape index (κ2) is 7.48. The number of aromatic nitrogens is 3. The van der Waals surface area contributed by atoms with E-state index in [0.29, 0.717) is 16.7 Å². The lowest BCUT2D eigenvalue weighted by Crippen LogP contribution is -1.96. The summed E-state index contributed by atoms with van der Waals surface area (Å²) in [5.41, 5.74) is 9.15. The van der Waals surface area contributed by atoms with Crippen LogP contribution in [0.2, 0.25) is 0 Å². The van der Waals surface area contributed by atoms with E-state index < -0.39 is 0 Å². The molecule has 0 fully saturated rings. The van der Waals surface area contributed by atoms with Crippen LogP contribution in [0.15, 0.2) is 64.9 Å². The van der Waals surface area contributed by atoms with E-state index in [1.807, 2.05) is 36.7 Å². The first kappa shape index (κ1) is 15.8. The van der Waals surface area contributed by atoms with Gasteiger partial charge in [0.15, 0.2) is 5.16 Å². The van der Waals surface area contributed by atoms with Crippen molar-refractivity contribution in [1.82, 2.24) is 15.0 Å². The molecular formula is C17H16N4S2. The predicted octanol–water partition coefficient (Wildman–Crippen LogP) is 4.14. The number of nitrogens with zero attached hydrogens (tertiary/aromatic N) is 3. The zero-order valence-electron chi connectivity index (χ0n) is 12.6. The SMILES string of the molecule is CSc1cc(N)nc(SCc2cc(-c3ccccc3)ccn2)n1. The molecule has 1 aromatic carbocycles. The number of rotatable bonds is 5. The number of pyridine rings is 1. The van der Waals surface area contributed by atoms with Crippen LogP contribution >= 0.6 is 23.5 Å². The van der Waals surface area contributed by atoms with Crippen LogP contribution in [0.5, 0.6) is 0 Å². The lowest BCUT2D eigenvalue weighted by molar-refractivity contribution is 0.899. The summed E-state index contributed by atoms with van der Waals surface area (Å²) in [4.78, 5) is 13.2. The molecule has 2 aromatic heterocycles. The smallest absolute Gasteiger partial charge is 0.190 e. The van der Waals surface area contributed by atoms with Gasteiger partial charge in [-0.15, -0.1) is 11.8 Å². The van der Waals surface area contributed by atoms with E-state index in [1.165, 1.54) is 5.56 Å². The van der Waals surface area contributed by atoms with E-state index in [9.17, 15) is 0 Å². The number of nitrogen functional groups attached to an aromatic ring is 1. The van der Waals surface area contributed by atoms with Crippen LogP contribution in [0.1, 0.15) is 5.69 Å². The van der Waals surface area contributed by atoms with Crippen molar-refractivity contribution in [3.8, 4) is 11.1 Å². The van der Waals surface area contributed by atoms with E-state index in [4.69, 9.17) is 5.73 Å². The minimum Gasteiger partial charge on any atom is -0.384 e. The molecule has 2 N–H and O–H groups in total. The molecule has 0 radical (unpaired) electrons. The van der Waals surface area contributed by atoms with E-state index in [-0.39, 0.29) is 0 Å². The number of hydrogen-bond acceptors (Lipinski definition) is 6. The quantitative estimate of drug-likeness (QED) is 0.428. The molecule has 0 aliphatic rings. The Morgan fingerprint density at radius 1 is 1.00 bits per heavy atom. The molecule has 0 aliphatic carbocycles. The molecule has 0 saturated heterocycles. The maximum absolute atomic E-state index is 5.81. The van der Waals surface area contributed by atoms with Gasteiger partial charge in [-0.2, -0.15) is 0 Å². The average molecular weight is 340 g/mol. The monoisotopic (exact) mass is 340 g/mol. The summed E-state index contributed by atoms with van der Waals surface area (Å²) in [6.07, 6.45) is 3.81. The highest BCUT2D eigenvalue weighted by Gasteiger charge is 2.05. The van der Waals surface area contributed by atoms with E-state index >= 15 is 0 Å². The Labute approximate surface area is 144 Å². The largest absolute Gasteiger partial charge is 0.384 e. The van der Waals surface area contributed by atoms with Crippen LogP contribution < -0.4 is 5.73 Å². The van der Waals surface area contributed by atoms with Crippen molar-refractivity contribution < 1.29 is 0 Å². The minimum absolute atomic E-state index is 0.498. The molecule has 0 saturated carbocycles. The molecule has 3 aromatic rings. The van der Waals surface area contributed by atoms with Crippen LogP contribution in [-0.4, -0.2) is 21.2 Å². The molecule has 116 valence electrons. The highest BCUT2D eigenvalue weighted by Crippen LogP contribution is 2.25. The molecule has 3 rings (SSSR count). The third kappa shape index (κ3) is 4.24. The van der Waals surface area contributed by atoms with Crippen LogP contribution in [0.3, 0.4) is 0 Å². The number of anilines is 1. The highest BCUT2D eigenvalue weighted by atomic mass is 32.2. The molecule has 23 heavy (non-hydrogen) atoms. The fourth-order valence-electron chi connectivity index (χ4n) is 2.10. The summed E-state index contributed by atoms with van der Waals surface area (Å²) in [5, 5.41) is 1.56. The third-order valence-corrected chi connectivity index (χ3v) is 4.69. The van der Waals surface area contributed by atoms with Crippen LogP contribution in [-0.2, 0) is 5.75 Å². The average Bonchev–Trinajstić information content (AvgIpc) is 2.60.